The fourth-order valence-corrected chi connectivity index (χ4v) is 6.83. The molecule has 0 fully saturated rings. The number of hydrogen-bond donors (Lipinski definition) is 0. The molecule has 3 aliphatic heterocycles. The lowest BCUT2D eigenvalue weighted by atomic mass is 9.93. The van der Waals surface area contributed by atoms with Crippen molar-refractivity contribution in [2.75, 3.05) is 53.0 Å². The maximum absolute atomic E-state index is 16.9. The highest BCUT2D eigenvalue weighted by Gasteiger charge is 2.48. The minimum Gasteiger partial charge on any atom is -0.486 e. The third-order valence-electron chi connectivity index (χ3n) is 7.22. The monoisotopic (exact) mass is 621 g/mol. The summed E-state index contributed by atoms with van der Waals surface area (Å²) in [5.74, 6) is 0.00869. The summed E-state index contributed by atoms with van der Waals surface area (Å²) in [5, 5.41) is 0.240. The predicted octanol–water partition coefficient (Wildman–Crippen LogP) is 3.99. The van der Waals surface area contributed by atoms with E-state index in [9.17, 15) is 18.0 Å². The Morgan fingerprint density at radius 3 is 2.26 bits per heavy atom. The molecule has 0 saturated carbocycles. The van der Waals surface area contributed by atoms with Gasteiger partial charge >= 0.3 is 6.09 Å². The Morgan fingerprint density at radius 2 is 1.64 bits per heavy atom. The van der Waals surface area contributed by atoms with Gasteiger partial charge in [0, 0.05) is 49.9 Å². The van der Waals surface area contributed by atoms with Gasteiger partial charge in [-0.15, -0.1) is 0 Å². The number of rotatable bonds is 6. The van der Waals surface area contributed by atoms with E-state index in [1.54, 1.807) is 32.9 Å². The molecule has 5 rings (SSSR count). The minimum atomic E-state index is -3.86. The molecule has 0 N–H and O–H groups in total. The first-order chi connectivity index (χ1) is 19.7. The van der Waals surface area contributed by atoms with Gasteiger partial charge in [-0.1, -0.05) is 23.7 Å². The zero-order valence-electron chi connectivity index (χ0n) is 23.9. The maximum atomic E-state index is 16.9. The molecule has 2 aromatic carbocycles. The zero-order valence-corrected chi connectivity index (χ0v) is 25.4. The number of sulfonamides is 1. The van der Waals surface area contributed by atoms with Crippen molar-refractivity contribution in [2.45, 2.75) is 36.9 Å². The minimum absolute atomic E-state index is 0.00489. The van der Waals surface area contributed by atoms with E-state index in [1.165, 1.54) is 46.6 Å². The van der Waals surface area contributed by atoms with E-state index in [0.717, 1.165) is 16.0 Å². The van der Waals surface area contributed by atoms with Crippen molar-refractivity contribution < 1.29 is 36.6 Å². The van der Waals surface area contributed by atoms with E-state index >= 15 is 4.39 Å². The predicted molar refractivity (Wildman–Crippen MR) is 153 cm³/mol. The molecule has 0 aromatic heterocycles. The first-order valence-electron chi connectivity index (χ1n) is 13.5. The fraction of sp³-hybridized carbons (Fsp3) is 0.448. The van der Waals surface area contributed by atoms with Crippen LogP contribution in [-0.4, -0.2) is 93.1 Å². The number of likely N-dealkylation sites (N-methyl/N-ethyl adjacent to an activating group) is 1. The van der Waals surface area contributed by atoms with Gasteiger partial charge < -0.3 is 24.0 Å². The number of amides is 2. The topological polar surface area (TPSA) is 106 Å². The van der Waals surface area contributed by atoms with Crippen LogP contribution in [0.5, 0.6) is 11.5 Å². The normalized spacial score (nSPS) is 18.5. The summed E-state index contributed by atoms with van der Waals surface area (Å²) in [6.07, 6.45) is -0.776. The average Bonchev–Trinajstić information content (AvgIpc) is 3.51. The van der Waals surface area contributed by atoms with Crippen molar-refractivity contribution in [1.82, 2.24) is 14.1 Å². The van der Waals surface area contributed by atoms with Crippen LogP contribution in [0.3, 0.4) is 0 Å². The summed E-state index contributed by atoms with van der Waals surface area (Å²) in [4.78, 5) is 29.0. The summed E-state index contributed by atoms with van der Waals surface area (Å²) in [7, 11) is -2.50. The highest BCUT2D eigenvalue weighted by Crippen LogP contribution is 2.38. The van der Waals surface area contributed by atoms with E-state index in [1.807, 2.05) is 0 Å². The molecule has 0 saturated heterocycles. The highest BCUT2D eigenvalue weighted by atomic mass is 35.5. The zero-order chi connectivity index (χ0) is 30.4. The standard InChI is InChI=1S/C29H33ClFN3O7S/c1-28(2,3)41-27(36)32(4)18-29(31,21-6-5-7-22(30)12-21)26(35)33-14-19-16-34(17-20(19)15-33)42(37,38)23-8-9-24-25(13-23)40-11-10-39-24/h5-9,12-13H,10-11,14-18H2,1-4H3. The van der Waals surface area contributed by atoms with Crippen LogP contribution in [0, 0.1) is 0 Å². The number of nitrogens with zero attached hydrogens (tertiary/aromatic N) is 3. The summed E-state index contributed by atoms with van der Waals surface area (Å²) in [6.45, 7) is 5.47. The van der Waals surface area contributed by atoms with Crippen LogP contribution in [0.25, 0.3) is 0 Å². The van der Waals surface area contributed by atoms with Crippen LogP contribution in [0.2, 0.25) is 5.02 Å². The lowest BCUT2D eigenvalue weighted by molar-refractivity contribution is -0.144. The van der Waals surface area contributed by atoms with Crippen molar-refractivity contribution >= 4 is 33.6 Å². The molecule has 3 aliphatic rings. The summed E-state index contributed by atoms with van der Waals surface area (Å²) >= 11 is 6.15. The molecule has 2 amide bonds. The van der Waals surface area contributed by atoms with Crippen molar-refractivity contribution in [3.05, 3.63) is 64.2 Å². The van der Waals surface area contributed by atoms with Gasteiger partial charge in [-0.3, -0.25) is 4.79 Å². The van der Waals surface area contributed by atoms with Gasteiger partial charge in [0.15, 0.2) is 11.5 Å². The summed E-state index contributed by atoms with van der Waals surface area (Å²) in [5.41, 5.74) is -1.97. The Kier molecular flexibility index (Phi) is 7.92. The molecule has 0 spiro atoms. The lowest BCUT2D eigenvalue weighted by Crippen LogP contribution is -2.51. The third-order valence-corrected chi connectivity index (χ3v) is 9.24. The molecular weight excluding hydrogens is 589 g/mol. The maximum Gasteiger partial charge on any atom is 0.410 e. The number of carbonyl (C=O) groups excluding carboxylic acids is 2. The Balaban J connectivity index is 1.32. The Labute approximate surface area is 249 Å². The SMILES string of the molecule is CN(CC(F)(C(=O)N1CC2=C(C1)CN(S(=O)(=O)c1ccc3c(c1)OCCO3)C2)c1cccc(Cl)c1)C(=O)OC(C)(C)C. The average molecular weight is 622 g/mol. The second-order valence-corrected chi connectivity index (χ2v) is 14.0. The summed E-state index contributed by atoms with van der Waals surface area (Å²) < 4.78 is 61.5. The fourth-order valence-electron chi connectivity index (χ4n) is 5.19. The molecule has 10 nitrogen and oxygen atoms in total. The van der Waals surface area contributed by atoms with Crippen LogP contribution in [0.15, 0.2) is 58.5 Å². The van der Waals surface area contributed by atoms with Gasteiger partial charge in [0.05, 0.1) is 11.4 Å². The second-order valence-electron chi connectivity index (χ2n) is 11.6. The van der Waals surface area contributed by atoms with E-state index in [0.29, 0.717) is 24.7 Å². The molecular formula is C29H33ClFN3O7S. The molecule has 1 unspecified atom stereocenters. The number of benzene rings is 2. The van der Waals surface area contributed by atoms with E-state index < -0.39 is 39.8 Å². The van der Waals surface area contributed by atoms with Gasteiger partial charge in [0.1, 0.15) is 18.8 Å². The van der Waals surface area contributed by atoms with Gasteiger partial charge in [-0.25, -0.2) is 17.6 Å². The second kappa shape index (κ2) is 11.1. The number of carbonyl (C=O) groups is 2. The van der Waals surface area contributed by atoms with Crippen LogP contribution in [0.1, 0.15) is 26.3 Å². The van der Waals surface area contributed by atoms with Crippen LogP contribution >= 0.6 is 11.6 Å². The molecule has 3 heterocycles. The summed E-state index contributed by atoms with van der Waals surface area (Å²) in [6, 6.07) is 10.4. The highest BCUT2D eigenvalue weighted by molar-refractivity contribution is 7.89. The van der Waals surface area contributed by atoms with E-state index in [2.05, 4.69) is 0 Å². The third kappa shape index (κ3) is 5.93. The van der Waals surface area contributed by atoms with Crippen LogP contribution in [0.4, 0.5) is 9.18 Å². The molecule has 42 heavy (non-hydrogen) atoms. The number of alkyl halides is 1. The quantitative estimate of drug-likeness (QED) is 0.449. The van der Waals surface area contributed by atoms with Crippen molar-refractivity contribution in [2.24, 2.45) is 0 Å². The number of ether oxygens (including phenoxy) is 3. The molecule has 0 bridgehead atoms. The molecule has 226 valence electrons. The van der Waals surface area contributed by atoms with E-state index in [-0.39, 0.29) is 41.7 Å². The molecule has 13 heteroatoms. The van der Waals surface area contributed by atoms with Gasteiger partial charge in [-0.2, -0.15) is 4.31 Å². The van der Waals surface area contributed by atoms with E-state index in [4.69, 9.17) is 25.8 Å². The van der Waals surface area contributed by atoms with Crippen molar-refractivity contribution in [3.8, 4) is 11.5 Å². The molecule has 0 radical (unpaired) electrons. The number of fused-ring (bicyclic) bond motifs is 1. The first kappa shape index (κ1) is 30.1. The molecule has 0 aliphatic carbocycles. The Bertz CT molecular complexity index is 1540. The van der Waals surface area contributed by atoms with Crippen molar-refractivity contribution in [1.29, 1.82) is 0 Å². The van der Waals surface area contributed by atoms with Crippen LogP contribution in [-0.2, 0) is 25.2 Å². The van der Waals surface area contributed by atoms with Crippen LogP contribution < -0.4 is 9.47 Å². The molecule has 1 atom stereocenters. The Morgan fingerprint density at radius 1 is 1.00 bits per heavy atom. The smallest absolute Gasteiger partial charge is 0.410 e. The lowest BCUT2D eigenvalue weighted by Gasteiger charge is -2.34. The number of halogens is 2. The van der Waals surface area contributed by atoms with Gasteiger partial charge in [0.25, 0.3) is 5.91 Å². The molecule has 2 aromatic rings. The Hall–Kier alpha value is -3.35. The number of hydrogen-bond acceptors (Lipinski definition) is 7. The first-order valence-corrected chi connectivity index (χ1v) is 15.3. The van der Waals surface area contributed by atoms with Gasteiger partial charge in [0.2, 0.25) is 15.7 Å². The van der Waals surface area contributed by atoms with Crippen molar-refractivity contribution in [3.63, 3.8) is 0 Å². The van der Waals surface area contributed by atoms with Gasteiger partial charge in [-0.05, 0) is 56.2 Å². The largest absolute Gasteiger partial charge is 0.486 e.